The molecule has 0 N–H and O–H groups in total. The third kappa shape index (κ3) is 2.39. The molecule has 176 valence electrons. The minimum atomic E-state index is -1.15. The highest BCUT2D eigenvalue weighted by Gasteiger charge is 2.91. The molecular formula is C28H29NO5. The van der Waals surface area contributed by atoms with E-state index in [-0.39, 0.29) is 43.2 Å². The van der Waals surface area contributed by atoms with Crippen molar-refractivity contribution in [1.29, 1.82) is 0 Å². The van der Waals surface area contributed by atoms with Gasteiger partial charge in [-0.25, -0.2) is 0 Å². The highest BCUT2D eigenvalue weighted by Crippen LogP contribution is 2.78. The summed E-state index contributed by atoms with van der Waals surface area (Å²) in [5, 5.41) is 0. The number of carbonyl (C=O) groups is 2. The molecule has 34 heavy (non-hydrogen) atoms. The fraction of sp³-hybridized carbons (Fsp3) is 0.429. The fourth-order valence-electron chi connectivity index (χ4n) is 7.37. The molecule has 1 aliphatic carbocycles. The van der Waals surface area contributed by atoms with E-state index in [2.05, 4.69) is 29.2 Å². The number of para-hydroxylation sites is 1. The van der Waals surface area contributed by atoms with E-state index < -0.39 is 23.0 Å². The lowest BCUT2D eigenvalue weighted by atomic mass is 9.37. The molecule has 0 unspecified atom stereocenters. The number of anilines is 1. The smallest absolute Gasteiger partial charge is 0.318 e. The van der Waals surface area contributed by atoms with Gasteiger partial charge in [-0.1, -0.05) is 60.7 Å². The summed E-state index contributed by atoms with van der Waals surface area (Å²) in [7, 11) is 0. The molecule has 3 fully saturated rings. The fourth-order valence-corrected chi connectivity index (χ4v) is 7.37. The quantitative estimate of drug-likeness (QED) is 0.479. The van der Waals surface area contributed by atoms with Crippen molar-refractivity contribution in [2.75, 3.05) is 18.1 Å². The van der Waals surface area contributed by atoms with Crippen LogP contribution >= 0.6 is 0 Å². The van der Waals surface area contributed by atoms with Crippen molar-refractivity contribution in [2.45, 2.75) is 44.6 Å². The number of fused-ring (bicyclic) bond motifs is 8. The van der Waals surface area contributed by atoms with Crippen LogP contribution in [0.3, 0.4) is 0 Å². The zero-order valence-corrected chi connectivity index (χ0v) is 19.4. The molecule has 0 aromatic heterocycles. The lowest BCUT2D eigenvalue weighted by molar-refractivity contribution is -0.213. The minimum absolute atomic E-state index is 0.0150. The Bertz CT molecular complexity index is 1130. The van der Waals surface area contributed by atoms with Crippen LogP contribution in [0.15, 0.2) is 72.8 Å². The van der Waals surface area contributed by atoms with Crippen molar-refractivity contribution >= 4 is 17.6 Å². The Morgan fingerprint density at radius 3 is 2.06 bits per heavy atom. The van der Waals surface area contributed by atoms with Gasteiger partial charge in [0.2, 0.25) is 0 Å². The number of benzene rings is 2. The van der Waals surface area contributed by atoms with Crippen LogP contribution in [-0.4, -0.2) is 43.4 Å². The molecule has 1 saturated carbocycles. The monoisotopic (exact) mass is 459 g/mol. The van der Waals surface area contributed by atoms with Crippen molar-refractivity contribution in [2.24, 2.45) is 16.7 Å². The number of hydrogen-bond donors (Lipinski definition) is 0. The van der Waals surface area contributed by atoms with Gasteiger partial charge in [0.25, 0.3) is 0 Å². The Hall–Kier alpha value is -3.12. The molecule has 7 atom stereocenters. The van der Waals surface area contributed by atoms with Crippen LogP contribution in [0.25, 0.3) is 0 Å². The molecule has 2 bridgehead atoms. The first kappa shape index (κ1) is 21.4. The van der Waals surface area contributed by atoms with E-state index >= 15 is 0 Å². The normalized spacial score (nSPS) is 36.5. The van der Waals surface area contributed by atoms with Crippen LogP contribution < -0.4 is 4.90 Å². The molecule has 0 radical (unpaired) electrons. The van der Waals surface area contributed by atoms with E-state index in [0.29, 0.717) is 0 Å². The van der Waals surface area contributed by atoms with Crippen LogP contribution in [0.1, 0.15) is 31.9 Å². The van der Waals surface area contributed by atoms with Gasteiger partial charge in [0.1, 0.15) is 10.8 Å². The Morgan fingerprint density at radius 1 is 0.882 bits per heavy atom. The predicted octanol–water partition coefficient (Wildman–Crippen LogP) is 4.07. The molecule has 3 heterocycles. The van der Waals surface area contributed by atoms with Gasteiger partial charge in [-0.05, 0) is 38.0 Å². The zero-order chi connectivity index (χ0) is 23.5. The van der Waals surface area contributed by atoms with Crippen molar-refractivity contribution in [3.63, 3.8) is 0 Å². The third-order valence-corrected chi connectivity index (χ3v) is 8.35. The average molecular weight is 460 g/mol. The summed E-state index contributed by atoms with van der Waals surface area (Å²) in [5.74, 6) is -0.819. The van der Waals surface area contributed by atoms with E-state index in [4.69, 9.17) is 14.2 Å². The van der Waals surface area contributed by atoms with E-state index in [9.17, 15) is 9.59 Å². The molecule has 3 aliphatic heterocycles. The number of ether oxygens (including phenoxy) is 3. The van der Waals surface area contributed by atoms with E-state index in [0.717, 1.165) is 17.7 Å². The molecule has 4 aliphatic rings. The molecular weight excluding hydrogens is 430 g/mol. The lowest BCUT2D eigenvalue weighted by Crippen LogP contribution is -2.80. The van der Waals surface area contributed by atoms with Gasteiger partial charge in [-0.3, -0.25) is 9.59 Å². The maximum absolute atomic E-state index is 13.9. The predicted molar refractivity (Wildman–Crippen MR) is 126 cm³/mol. The standard InChI is InChI=1S/C28H29NO5/c1-3-32-25(30)27-20-17-21(18-11-7-5-8-12-18)29(19-13-9-6-10-14-19)24(20)28(27,26(31)33-4-2)23-16-15-22(27)34-23/h5-16,20-24H,3-4,17H2,1-2H3/t20-,21+,22-,23+,24+,27-,28-/m0/s1. The van der Waals surface area contributed by atoms with E-state index in [1.807, 2.05) is 48.6 Å². The second kappa shape index (κ2) is 7.70. The summed E-state index contributed by atoms with van der Waals surface area (Å²) in [6.07, 6.45) is 3.59. The number of carbonyl (C=O) groups excluding carboxylic acids is 2. The van der Waals surface area contributed by atoms with Gasteiger partial charge in [0, 0.05) is 11.6 Å². The maximum atomic E-state index is 13.9. The molecule has 6 heteroatoms. The van der Waals surface area contributed by atoms with Crippen LogP contribution in [-0.2, 0) is 23.8 Å². The van der Waals surface area contributed by atoms with Crippen LogP contribution in [0.2, 0.25) is 0 Å². The van der Waals surface area contributed by atoms with Gasteiger partial charge in [-0.2, -0.15) is 0 Å². The van der Waals surface area contributed by atoms with Crippen LogP contribution in [0.4, 0.5) is 5.69 Å². The number of nitrogens with zero attached hydrogens (tertiary/aromatic N) is 1. The summed E-state index contributed by atoms with van der Waals surface area (Å²) in [6.45, 7) is 4.10. The Kier molecular flexibility index (Phi) is 4.85. The number of hydrogen-bond acceptors (Lipinski definition) is 6. The van der Waals surface area contributed by atoms with Crippen molar-refractivity contribution < 1.29 is 23.8 Å². The van der Waals surface area contributed by atoms with Gasteiger partial charge in [-0.15, -0.1) is 0 Å². The van der Waals surface area contributed by atoms with Gasteiger partial charge >= 0.3 is 11.9 Å². The number of rotatable bonds is 6. The third-order valence-electron chi connectivity index (χ3n) is 8.35. The van der Waals surface area contributed by atoms with Gasteiger partial charge < -0.3 is 19.1 Å². The molecule has 0 amide bonds. The van der Waals surface area contributed by atoms with E-state index in [1.54, 1.807) is 13.8 Å². The molecule has 6 nitrogen and oxygen atoms in total. The second-order valence-electron chi connectivity index (χ2n) is 9.50. The number of esters is 2. The summed E-state index contributed by atoms with van der Waals surface area (Å²) < 4.78 is 17.7. The summed E-state index contributed by atoms with van der Waals surface area (Å²) >= 11 is 0. The summed E-state index contributed by atoms with van der Waals surface area (Å²) in [6, 6.07) is 20.3. The van der Waals surface area contributed by atoms with Crippen molar-refractivity contribution in [1.82, 2.24) is 0 Å². The van der Waals surface area contributed by atoms with E-state index in [1.165, 1.54) is 0 Å². The minimum Gasteiger partial charge on any atom is -0.465 e. The second-order valence-corrected chi connectivity index (χ2v) is 9.50. The Morgan fingerprint density at radius 2 is 1.44 bits per heavy atom. The first-order valence-corrected chi connectivity index (χ1v) is 12.2. The lowest BCUT2D eigenvalue weighted by Gasteiger charge is -2.63. The van der Waals surface area contributed by atoms with Crippen molar-refractivity contribution in [3.05, 3.63) is 78.4 Å². The first-order chi connectivity index (χ1) is 16.6. The van der Waals surface area contributed by atoms with Crippen LogP contribution in [0, 0.1) is 16.7 Å². The van der Waals surface area contributed by atoms with Crippen molar-refractivity contribution in [3.8, 4) is 0 Å². The Labute approximate surface area is 199 Å². The van der Waals surface area contributed by atoms with Crippen LogP contribution in [0.5, 0.6) is 0 Å². The molecule has 2 saturated heterocycles. The molecule has 6 rings (SSSR count). The average Bonchev–Trinajstić information content (AvgIpc) is 3.53. The molecule has 2 aromatic carbocycles. The summed E-state index contributed by atoms with van der Waals surface area (Å²) in [4.78, 5) is 30.1. The maximum Gasteiger partial charge on any atom is 0.318 e. The SMILES string of the molecule is CCOC(=O)[C@@]12[C@H]3C=C[C@H](O3)[C@]1(C(=O)OCC)[C@H]1C[C@H](c3ccccc3)N(c3ccccc3)[C@H]12. The highest BCUT2D eigenvalue weighted by molar-refractivity contribution is 5.97. The van der Waals surface area contributed by atoms with Gasteiger partial charge in [0.05, 0.1) is 37.5 Å². The largest absolute Gasteiger partial charge is 0.465 e. The van der Waals surface area contributed by atoms with Gasteiger partial charge in [0.15, 0.2) is 0 Å². The first-order valence-electron chi connectivity index (χ1n) is 12.2. The topological polar surface area (TPSA) is 65.1 Å². The molecule has 2 aromatic rings. The molecule has 0 spiro atoms. The Balaban J connectivity index is 1.57. The highest BCUT2D eigenvalue weighted by atomic mass is 16.6. The summed E-state index contributed by atoms with van der Waals surface area (Å²) in [5.41, 5.74) is -0.0518. The zero-order valence-electron chi connectivity index (χ0n) is 19.4.